The van der Waals surface area contributed by atoms with Crippen LogP contribution in [0.25, 0.3) is 0 Å². The molecule has 4 unspecified atom stereocenters. The molecule has 1 nitrogen and oxygen atoms in total. The molecule has 1 aliphatic heterocycles. The van der Waals surface area contributed by atoms with E-state index in [9.17, 15) is 0 Å². The zero-order chi connectivity index (χ0) is 14.0. The first kappa shape index (κ1) is 14.1. The monoisotopic (exact) mass is 271 g/mol. The van der Waals surface area contributed by atoms with E-state index in [2.05, 4.69) is 49.5 Å². The maximum atomic E-state index is 3.65. The van der Waals surface area contributed by atoms with Crippen LogP contribution in [-0.4, -0.2) is 13.1 Å². The Kier molecular flexibility index (Phi) is 4.16. The fourth-order valence-corrected chi connectivity index (χ4v) is 4.56. The Morgan fingerprint density at radius 3 is 2.65 bits per heavy atom. The van der Waals surface area contributed by atoms with Gasteiger partial charge in [-0.05, 0) is 73.9 Å². The minimum atomic E-state index is 0.618. The van der Waals surface area contributed by atoms with Gasteiger partial charge in [-0.3, -0.25) is 0 Å². The summed E-state index contributed by atoms with van der Waals surface area (Å²) in [5.74, 6) is 2.65. The molecule has 4 atom stereocenters. The van der Waals surface area contributed by atoms with E-state index in [1.54, 1.807) is 0 Å². The molecule has 1 saturated carbocycles. The van der Waals surface area contributed by atoms with Gasteiger partial charge in [0.1, 0.15) is 0 Å². The molecule has 1 N–H and O–H groups in total. The van der Waals surface area contributed by atoms with Crippen molar-refractivity contribution >= 4 is 0 Å². The van der Waals surface area contributed by atoms with Crippen molar-refractivity contribution in [3.8, 4) is 0 Å². The molecule has 20 heavy (non-hydrogen) atoms. The number of hydrogen-bond donors (Lipinski definition) is 1. The van der Waals surface area contributed by atoms with Gasteiger partial charge < -0.3 is 5.32 Å². The molecule has 1 heteroatoms. The molecule has 0 amide bonds. The summed E-state index contributed by atoms with van der Waals surface area (Å²) in [6, 6.07) is 11.1. The fourth-order valence-electron chi connectivity index (χ4n) is 4.56. The number of rotatable bonds is 2. The molecule has 1 aliphatic carbocycles. The summed E-state index contributed by atoms with van der Waals surface area (Å²) in [6.07, 6.45) is 6.99. The largest absolute Gasteiger partial charge is 0.316 e. The van der Waals surface area contributed by atoms with E-state index in [0.29, 0.717) is 5.41 Å². The van der Waals surface area contributed by atoms with E-state index < -0.39 is 0 Å². The lowest BCUT2D eigenvalue weighted by Gasteiger charge is -2.50. The lowest BCUT2D eigenvalue weighted by Crippen LogP contribution is -2.49. The second kappa shape index (κ2) is 5.89. The summed E-state index contributed by atoms with van der Waals surface area (Å²) in [5, 5.41) is 3.65. The fraction of sp³-hybridized carbons (Fsp3) is 0.684. The Bertz CT molecular complexity index is 427. The summed E-state index contributed by atoms with van der Waals surface area (Å²) >= 11 is 0. The van der Waals surface area contributed by atoms with Crippen LogP contribution in [0.4, 0.5) is 0 Å². The molecule has 3 rings (SSSR count). The van der Waals surface area contributed by atoms with Crippen LogP contribution in [-0.2, 0) is 6.42 Å². The van der Waals surface area contributed by atoms with Gasteiger partial charge in [-0.2, -0.15) is 0 Å². The van der Waals surface area contributed by atoms with E-state index in [4.69, 9.17) is 0 Å². The van der Waals surface area contributed by atoms with Gasteiger partial charge in [-0.25, -0.2) is 0 Å². The number of benzene rings is 1. The second-order valence-corrected chi connectivity index (χ2v) is 7.40. The van der Waals surface area contributed by atoms with Gasteiger partial charge in [0.2, 0.25) is 0 Å². The highest BCUT2D eigenvalue weighted by Crippen LogP contribution is 2.51. The summed E-state index contributed by atoms with van der Waals surface area (Å²) < 4.78 is 0. The van der Waals surface area contributed by atoms with Crippen molar-refractivity contribution in [2.75, 3.05) is 13.1 Å². The number of hydrogen-bond acceptors (Lipinski definition) is 1. The van der Waals surface area contributed by atoms with Crippen molar-refractivity contribution in [3.05, 3.63) is 35.9 Å². The summed E-state index contributed by atoms with van der Waals surface area (Å²) in [6.45, 7) is 7.38. The Hall–Kier alpha value is -0.820. The highest BCUT2D eigenvalue weighted by atomic mass is 14.9. The third-order valence-corrected chi connectivity index (χ3v) is 6.18. The van der Waals surface area contributed by atoms with Gasteiger partial charge in [0.15, 0.2) is 0 Å². The molecular formula is C19H29N. The van der Waals surface area contributed by atoms with Crippen LogP contribution in [0, 0.1) is 23.2 Å². The minimum Gasteiger partial charge on any atom is -0.316 e. The quantitative estimate of drug-likeness (QED) is 0.846. The van der Waals surface area contributed by atoms with Crippen molar-refractivity contribution in [2.24, 2.45) is 23.2 Å². The zero-order valence-electron chi connectivity index (χ0n) is 13.1. The molecule has 1 spiro atoms. The van der Waals surface area contributed by atoms with Crippen LogP contribution in [0.15, 0.2) is 30.3 Å². The Balaban J connectivity index is 1.77. The summed E-state index contributed by atoms with van der Waals surface area (Å²) in [7, 11) is 0. The normalized spacial score (nSPS) is 38.0. The van der Waals surface area contributed by atoms with E-state index in [-0.39, 0.29) is 0 Å². The van der Waals surface area contributed by atoms with Gasteiger partial charge in [0.25, 0.3) is 0 Å². The van der Waals surface area contributed by atoms with Gasteiger partial charge in [-0.15, -0.1) is 0 Å². The molecular weight excluding hydrogens is 242 g/mol. The summed E-state index contributed by atoms with van der Waals surface area (Å²) in [5.41, 5.74) is 2.14. The molecule has 1 heterocycles. The third kappa shape index (κ3) is 2.79. The van der Waals surface area contributed by atoms with Gasteiger partial charge in [0, 0.05) is 0 Å². The molecule has 1 aromatic rings. The van der Waals surface area contributed by atoms with Crippen LogP contribution in [0.5, 0.6) is 0 Å². The highest BCUT2D eigenvalue weighted by Gasteiger charge is 2.44. The second-order valence-electron chi connectivity index (χ2n) is 7.40. The highest BCUT2D eigenvalue weighted by molar-refractivity contribution is 5.16. The zero-order valence-corrected chi connectivity index (χ0v) is 13.1. The predicted octanol–water partition coefficient (Wildman–Crippen LogP) is 4.28. The van der Waals surface area contributed by atoms with Crippen LogP contribution in [0.3, 0.4) is 0 Å². The Morgan fingerprint density at radius 1 is 1.10 bits per heavy atom. The average molecular weight is 271 g/mol. The van der Waals surface area contributed by atoms with Crippen LogP contribution in [0.2, 0.25) is 0 Å². The van der Waals surface area contributed by atoms with Gasteiger partial charge >= 0.3 is 0 Å². The molecule has 1 saturated heterocycles. The molecule has 2 aliphatic rings. The maximum absolute atomic E-state index is 3.65. The standard InChI is InChI=1S/C19H29N/c1-15-8-9-19(13-16(15)2)10-11-20-14-18(19)12-17-6-4-3-5-7-17/h3-7,15-16,18,20H,8-14H2,1-2H3. The average Bonchev–Trinajstić information content (AvgIpc) is 2.47. The molecule has 0 aromatic heterocycles. The molecule has 110 valence electrons. The van der Waals surface area contributed by atoms with Crippen molar-refractivity contribution in [2.45, 2.75) is 46.0 Å². The first-order chi connectivity index (χ1) is 9.70. The van der Waals surface area contributed by atoms with E-state index >= 15 is 0 Å². The van der Waals surface area contributed by atoms with Crippen LogP contribution < -0.4 is 5.32 Å². The first-order valence-corrected chi connectivity index (χ1v) is 8.44. The van der Waals surface area contributed by atoms with Crippen LogP contribution >= 0.6 is 0 Å². The third-order valence-electron chi connectivity index (χ3n) is 6.18. The first-order valence-electron chi connectivity index (χ1n) is 8.44. The Morgan fingerprint density at radius 2 is 1.90 bits per heavy atom. The van der Waals surface area contributed by atoms with Crippen molar-refractivity contribution in [1.29, 1.82) is 0 Å². The van der Waals surface area contributed by atoms with Crippen LogP contribution in [0.1, 0.15) is 45.1 Å². The smallest absolute Gasteiger partial charge is 0.00120 e. The minimum absolute atomic E-state index is 0.618. The number of piperidine rings is 1. The summed E-state index contributed by atoms with van der Waals surface area (Å²) in [4.78, 5) is 0. The van der Waals surface area contributed by atoms with Gasteiger partial charge in [-0.1, -0.05) is 44.2 Å². The molecule has 0 radical (unpaired) electrons. The lowest BCUT2D eigenvalue weighted by molar-refractivity contribution is 0.0155. The topological polar surface area (TPSA) is 12.0 Å². The van der Waals surface area contributed by atoms with Crippen molar-refractivity contribution < 1.29 is 0 Å². The lowest BCUT2D eigenvalue weighted by atomic mass is 9.57. The number of nitrogens with one attached hydrogen (secondary N) is 1. The van der Waals surface area contributed by atoms with Crippen molar-refractivity contribution in [1.82, 2.24) is 5.32 Å². The molecule has 0 bridgehead atoms. The van der Waals surface area contributed by atoms with E-state index in [0.717, 1.165) is 17.8 Å². The Labute approximate surface area is 124 Å². The molecule has 1 aromatic carbocycles. The molecule has 2 fully saturated rings. The van der Waals surface area contributed by atoms with E-state index in [1.807, 2.05) is 0 Å². The van der Waals surface area contributed by atoms with Gasteiger partial charge in [0.05, 0.1) is 0 Å². The van der Waals surface area contributed by atoms with Crippen molar-refractivity contribution in [3.63, 3.8) is 0 Å². The van der Waals surface area contributed by atoms with E-state index in [1.165, 1.54) is 50.8 Å². The maximum Gasteiger partial charge on any atom is -0.00120 e. The predicted molar refractivity (Wildman–Crippen MR) is 85.7 cm³/mol. The SMILES string of the molecule is CC1CCC2(CCNCC2Cc2ccccc2)CC1C.